The number of nitrogens with one attached hydrogen (secondary N) is 1. The molecule has 8 nitrogen and oxygen atoms in total. The zero-order valence-corrected chi connectivity index (χ0v) is 25.1. The molecule has 1 aliphatic rings. The quantitative estimate of drug-likeness (QED) is 0.171. The molecule has 1 fully saturated rings. The third kappa shape index (κ3) is 8.50. The van der Waals surface area contributed by atoms with Gasteiger partial charge in [0.05, 0.1) is 5.75 Å². The monoisotopic (exact) mass is 617 g/mol. The first-order valence-electron chi connectivity index (χ1n) is 14.0. The van der Waals surface area contributed by atoms with E-state index < -0.39 is 16.1 Å². The van der Waals surface area contributed by atoms with Gasteiger partial charge in [-0.05, 0) is 58.9 Å². The van der Waals surface area contributed by atoms with Gasteiger partial charge in [-0.25, -0.2) is 18.2 Å². The number of sulfonamides is 1. The molecular formula is C33H32ClN3O5S. The number of aromatic nitrogens is 1. The Morgan fingerprint density at radius 3 is 2.28 bits per heavy atom. The molecule has 0 spiro atoms. The van der Waals surface area contributed by atoms with Gasteiger partial charge in [0.15, 0.2) is 5.78 Å². The molecule has 0 radical (unpaired) electrons. The van der Waals surface area contributed by atoms with Gasteiger partial charge in [0.2, 0.25) is 10.0 Å². The summed E-state index contributed by atoms with van der Waals surface area (Å²) in [6.07, 6.45) is 2.22. The number of halogens is 1. The summed E-state index contributed by atoms with van der Waals surface area (Å²) in [7, 11) is -3.29. The summed E-state index contributed by atoms with van der Waals surface area (Å²) in [5, 5.41) is 2.90. The Morgan fingerprint density at radius 1 is 0.884 bits per heavy atom. The van der Waals surface area contributed by atoms with Crippen LogP contribution in [0.4, 0.5) is 4.79 Å². The van der Waals surface area contributed by atoms with Gasteiger partial charge in [0.25, 0.3) is 0 Å². The lowest BCUT2D eigenvalue weighted by Gasteiger charge is -2.16. The van der Waals surface area contributed by atoms with Crippen molar-refractivity contribution in [3.05, 3.63) is 135 Å². The van der Waals surface area contributed by atoms with Crippen molar-refractivity contribution in [2.45, 2.75) is 39.0 Å². The van der Waals surface area contributed by atoms with Crippen molar-refractivity contribution in [1.82, 2.24) is 14.6 Å². The van der Waals surface area contributed by atoms with Crippen molar-refractivity contribution < 1.29 is 22.7 Å². The Hall–Kier alpha value is -4.05. The highest BCUT2D eigenvalue weighted by Gasteiger charge is 2.28. The highest BCUT2D eigenvalue weighted by molar-refractivity contribution is 7.89. The third-order valence-corrected chi connectivity index (χ3v) is 9.40. The second-order valence-electron chi connectivity index (χ2n) is 10.5. The Labute approximate surface area is 256 Å². The predicted molar refractivity (Wildman–Crippen MR) is 165 cm³/mol. The molecule has 0 bridgehead atoms. The van der Waals surface area contributed by atoms with Gasteiger partial charge >= 0.3 is 6.09 Å². The number of benzene rings is 3. The maximum Gasteiger partial charge on any atom is 0.407 e. The Morgan fingerprint density at radius 2 is 1.58 bits per heavy atom. The fourth-order valence-electron chi connectivity index (χ4n) is 5.01. The molecule has 0 unspecified atom stereocenters. The van der Waals surface area contributed by atoms with Crippen LogP contribution in [0.15, 0.2) is 91.1 Å². The zero-order valence-electron chi connectivity index (χ0n) is 23.5. The minimum atomic E-state index is -3.29. The Bertz CT molecular complexity index is 1700. The second-order valence-corrected chi connectivity index (χ2v) is 13.0. The second kappa shape index (κ2) is 13.9. The van der Waals surface area contributed by atoms with E-state index in [1.165, 1.54) is 4.31 Å². The number of Topliss-reactive ketones (excluding diaryl/α,β-unsaturated/α-hetero) is 1. The van der Waals surface area contributed by atoms with E-state index in [1.807, 2.05) is 72.8 Å². The first-order valence-corrected chi connectivity index (χ1v) is 16.0. The minimum Gasteiger partial charge on any atom is -0.445 e. The van der Waals surface area contributed by atoms with Crippen LogP contribution in [-0.4, -0.2) is 41.9 Å². The molecule has 3 aromatic carbocycles. The van der Waals surface area contributed by atoms with E-state index in [-0.39, 0.29) is 42.8 Å². The van der Waals surface area contributed by atoms with Crippen LogP contribution in [0, 0.1) is 0 Å². The number of amides is 1. The highest BCUT2D eigenvalue weighted by atomic mass is 35.5. The summed E-state index contributed by atoms with van der Waals surface area (Å²) < 4.78 is 31.7. The molecule has 0 saturated carbocycles. The highest BCUT2D eigenvalue weighted by Crippen LogP contribution is 2.22. The van der Waals surface area contributed by atoms with Crippen LogP contribution >= 0.6 is 11.6 Å². The van der Waals surface area contributed by atoms with Crippen molar-refractivity contribution in [2.24, 2.45) is 0 Å². The summed E-state index contributed by atoms with van der Waals surface area (Å²) in [6, 6.07) is 26.6. The lowest BCUT2D eigenvalue weighted by molar-refractivity contribution is 0.0992. The third-order valence-electron chi connectivity index (χ3n) is 7.16. The number of rotatable bonds is 11. The number of carbonyl (C=O) groups excluding carboxylic acids is 2. The van der Waals surface area contributed by atoms with E-state index in [4.69, 9.17) is 16.3 Å². The lowest BCUT2D eigenvalue weighted by atomic mass is 9.96. The molecule has 0 aliphatic carbocycles. The van der Waals surface area contributed by atoms with Crippen molar-refractivity contribution in [3.8, 4) is 0 Å². The van der Waals surface area contributed by atoms with Gasteiger partial charge in [-0.1, -0.05) is 78.3 Å². The van der Waals surface area contributed by atoms with Gasteiger partial charge in [0.1, 0.15) is 11.8 Å². The van der Waals surface area contributed by atoms with E-state index in [0.29, 0.717) is 36.1 Å². The van der Waals surface area contributed by atoms with E-state index in [2.05, 4.69) is 10.3 Å². The fraction of sp³-hybridized carbons (Fsp3) is 0.242. The molecule has 0 atom stereocenters. The normalized spacial score (nSPS) is 14.3. The van der Waals surface area contributed by atoms with Crippen molar-refractivity contribution in [3.63, 3.8) is 0 Å². The van der Waals surface area contributed by atoms with E-state index >= 15 is 0 Å². The van der Waals surface area contributed by atoms with Crippen molar-refractivity contribution in [1.29, 1.82) is 0 Å². The molecule has 1 N–H and O–H groups in total. The SMILES string of the molecule is O=C(NCc1cc(CC(=O)c2cc(Cc3ccccc3)cc(CN3CCCS3(=O)=O)c2)cnc1Cl)OCc1ccccc1. The predicted octanol–water partition coefficient (Wildman–Crippen LogP) is 5.71. The van der Waals surface area contributed by atoms with Gasteiger partial charge in [-0.3, -0.25) is 4.79 Å². The molecule has 222 valence electrons. The molecule has 5 rings (SSSR count). The average molecular weight is 618 g/mol. The van der Waals surface area contributed by atoms with Crippen LogP contribution in [0.25, 0.3) is 0 Å². The maximum absolute atomic E-state index is 13.5. The molecule has 4 aromatic rings. The van der Waals surface area contributed by atoms with Gasteiger partial charge < -0.3 is 10.1 Å². The van der Waals surface area contributed by atoms with Crippen LogP contribution in [-0.2, 0) is 47.3 Å². The Balaban J connectivity index is 1.29. The van der Waals surface area contributed by atoms with Gasteiger partial charge in [-0.15, -0.1) is 0 Å². The van der Waals surface area contributed by atoms with E-state index in [9.17, 15) is 18.0 Å². The topological polar surface area (TPSA) is 106 Å². The number of ketones is 1. The molecule has 2 heterocycles. The fourth-order valence-corrected chi connectivity index (χ4v) is 6.69. The molecule has 10 heteroatoms. The van der Waals surface area contributed by atoms with Crippen LogP contribution in [0.2, 0.25) is 5.15 Å². The molecule has 43 heavy (non-hydrogen) atoms. The maximum atomic E-state index is 13.5. The standard InChI is InChI=1S/C33H32ClN3O5S/c34-32-30(21-36-33(39)42-23-25-10-5-2-6-11-25)17-27(20-35-32)19-31(38)29-16-26(14-24-8-3-1-4-9-24)15-28(18-29)22-37-12-7-13-43(37,40)41/h1-6,8-11,15-18,20H,7,12-14,19,21-23H2,(H,36,39). The number of alkyl carbamates (subject to hydrolysis) is 1. The summed E-state index contributed by atoms with van der Waals surface area (Å²) in [4.78, 5) is 30.0. The summed E-state index contributed by atoms with van der Waals surface area (Å²) in [6.45, 7) is 0.927. The summed E-state index contributed by atoms with van der Waals surface area (Å²) in [5.74, 6) is 0.0133. The largest absolute Gasteiger partial charge is 0.445 e. The van der Waals surface area contributed by atoms with Crippen LogP contribution in [0.5, 0.6) is 0 Å². The molecule has 1 aliphatic heterocycles. The van der Waals surface area contributed by atoms with Crippen molar-refractivity contribution >= 4 is 33.5 Å². The van der Waals surface area contributed by atoms with E-state index in [0.717, 1.165) is 22.3 Å². The summed E-state index contributed by atoms with van der Waals surface area (Å²) >= 11 is 6.29. The zero-order chi connectivity index (χ0) is 30.2. The molecule has 1 aromatic heterocycles. The number of hydrogen-bond acceptors (Lipinski definition) is 6. The Kier molecular flexibility index (Phi) is 9.86. The molecule has 1 amide bonds. The van der Waals surface area contributed by atoms with Crippen LogP contribution < -0.4 is 5.32 Å². The number of hydrogen-bond donors (Lipinski definition) is 1. The minimum absolute atomic E-state index is 0.0614. The van der Waals surface area contributed by atoms with Crippen LogP contribution in [0.3, 0.4) is 0 Å². The summed E-state index contributed by atoms with van der Waals surface area (Å²) in [5.41, 5.74) is 5.36. The smallest absolute Gasteiger partial charge is 0.407 e. The lowest BCUT2D eigenvalue weighted by Crippen LogP contribution is -2.25. The average Bonchev–Trinajstić information content (AvgIpc) is 3.34. The molecular weight excluding hydrogens is 586 g/mol. The first kappa shape index (κ1) is 30.4. The van der Waals surface area contributed by atoms with E-state index in [1.54, 1.807) is 18.3 Å². The number of carbonyl (C=O) groups is 2. The van der Waals surface area contributed by atoms with Crippen molar-refractivity contribution in [2.75, 3.05) is 12.3 Å². The number of nitrogens with zero attached hydrogens (tertiary/aromatic N) is 2. The molecule has 1 saturated heterocycles. The van der Waals surface area contributed by atoms with Gasteiger partial charge in [0, 0.05) is 43.4 Å². The number of ether oxygens (including phenoxy) is 1. The van der Waals surface area contributed by atoms with Crippen LogP contribution in [0.1, 0.15) is 50.2 Å². The first-order chi connectivity index (χ1) is 20.7. The van der Waals surface area contributed by atoms with Gasteiger partial charge in [-0.2, -0.15) is 4.31 Å². The number of pyridine rings is 1.